The lowest BCUT2D eigenvalue weighted by Gasteiger charge is -2.07. The van der Waals surface area contributed by atoms with Gasteiger partial charge in [0.15, 0.2) is 5.13 Å². The molecule has 3 aromatic rings. The van der Waals surface area contributed by atoms with Gasteiger partial charge in [0, 0.05) is 21.3 Å². The summed E-state index contributed by atoms with van der Waals surface area (Å²) in [6, 6.07) is 16.9. The lowest BCUT2D eigenvalue weighted by atomic mass is 10.1. The first kappa shape index (κ1) is 21.1. The van der Waals surface area contributed by atoms with Gasteiger partial charge in [0.25, 0.3) is 5.91 Å². The number of amides is 1. The molecule has 0 bridgehead atoms. The fourth-order valence-corrected chi connectivity index (χ4v) is 4.43. The third-order valence-corrected chi connectivity index (χ3v) is 5.77. The summed E-state index contributed by atoms with van der Waals surface area (Å²) in [6.07, 6.45) is 0. The lowest BCUT2D eigenvalue weighted by molar-refractivity contribution is 0.0532. The number of thiazole rings is 1. The average Bonchev–Trinajstić information content (AvgIpc) is 3.12. The number of carbonyl (C=O) groups excluding carboxylic acids is 2. The Kier molecular flexibility index (Phi) is 7.06. The van der Waals surface area contributed by atoms with Crippen LogP contribution < -0.4 is 5.32 Å². The average molecular weight is 427 g/mol. The number of thioether (sulfide) groups is 1. The molecule has 29 heavy (non-hydrogen) atoms. The molecule has 1 aromatic heterocycles. The first-order chi connectivity index (χ1) is 14.0. The van der Waals surface area contributed by atoms with Crippen molar-refractivity contribution in [3.05, 3.63) is 65.0 Å². The first-order valence-electron chi connectivity index (χ1n) is 9.29. The molecular weight excluding hydrogens is 404 g/mol. The molecule has 0 aliphatic rings. The number of hydrogen-bond donors (Lipinski definition) is 1. The van der Waals surface area contributed by atoms with E-state index in [4.69, 9.17) is 4.74 Å². The predicted molar refractivity (Wildman–Crippen MR) is 119 cm³/mol. The highest BCUT2D eigenvalue weighted by molar-refractivity contribution is 7.99. The molecule has 0 radical (unpaired) electrons. The maximum absolute atomic E-state index is 12.7. The summed E-state index contributed by atoms with van der Waals surface area (Å²) < 4.78 is 5.16. The van der Waals surface area contributed by atoms with Gasteiger partial charge < -0.3 is 4.74 Å². The molecule has 0 atom stereocenters. The highest BCUT2D eigenvalue weighted by Crippen LogP contribution is 2.32. The zero-order chi connectivity index (χ0) is 20.8. The Morgan fingerprint density at radius 1 is 1.14 bits per heavy atom. The molecule has 0 aliphatic heterocycles. The number of rotatable bonds is 7. The summed E-state index contributed by atoms with van der Waals surface area (Å²) in [7, 11) is 0. The van der Waals surface area contributed by atoms with Crippen molar-refractivity contribution in [3.63, 3.8) is 0 Å². The van der Waals surface area contributed by atoms with Crippen molar-refractivity contribution in [3.8, 4) is 11.3 Å². The van der Waals surface area contributed by atoms with Crippen LogP contribution in [-0.4, -0.2) is 28.7 Å². The maximum Gasteiger partial charge on any atom is 0.350 e. The monoisotopic (exact) mass is 426 g/mol. The second-order valence-corrected chi connectivity index (χ2v) is 9.08. The number of anilines is 1. The molecule has 0 aliphatic carbocycles. The minimum atomic E-state index is -0.445. The molecule has 0 saturated carbocycles. The Balaban J connectivity index is 1.87. The van der Waals surface area contributed by atoms with E-state index in [1.54, 1.807) is 24.8 Å². The zero-order valence-electron chi connectivity index (χ0n) is 16.5. The molecule has 0 saturated heterocycles. The fourth-order valence-electron chi connectivity index (χ4n) is 2.65. The van der Waals surface area contributed by atoms with Gasteiger partial charge in [-0.25, -0.2) is 9.78 Å². The number of aromatic nitrogens is 1. The van der Waals surface area contributed by atoms with Crippen molar-refractivity contribution in [1.29, 1.82) is 0 Å². The van der Waals surface area contributed by atoms with E-state index in [-0.39, 0.29) is 12.5 Å². The van der Waals surface area contributed by atoms with E-state index >= 15 is 0 Å². The van der Waals surface area contributed by atoms with Crippen molar-refractivity contribution < 1.29 is 14.3 Å². The van der Waals surface area contributed by atoms with Crippen molar-refractivity contribution in [2.24, 2.45) is 0 Å². The van der Waals surface area contributed by atoms with E-state index in [1.165, 1.54) is 0 Å². The summed E-state index contributed by atoms with van der Waals surface area (Å²) in [6.45, 7) is 6.24. The van der Waals surface area contributed by atoms with E-state index in [2.05, 4.69) is 24.1 Å². The Morgan fingerprint density at radius 2 is 1.90 bits per heavy atom. The normalized spacial score (nSPS) is 10.8. The molecule has 5 nitrogen and oxygen atoms in total. The molecule has 0 fully saturated rings. The fraction of sp³-hybridized carbons (Fsp3) is 0.227. The second kappa shape index (κ2) is 9.71. The van der Waals surface area contributed by atoms with Gasteiger partial charge in [-0.15, -0.1) is 11.8 Å². The van der Waals surface area contributed by atoms with E-state index in [1.807, 2.05) is 48.5 Å². The molecule has 3 rings (SSSR count). The largest absolute Gasteiger partial charge is 0.462 e. The molecular formula is C22H22N2O3S2. The number of hydrogen-bond acceptors (Lipinski definition) is 6. The Morgan fingerprint density at radius 3 is 2.59 bits per heavy atom. The summed E-state index contributed by atoms with van der Waals surface area (Å²) >= 11 is 2.81. The van der Waals surface area contributed by atoms with E-state index in [0.29, 0.717) is 26.5 Å². The Labute approximate surface area is 178 Å². The van der Waals surface area contributed by atoms with Crippen LogP contribution in [0.4, 0.5) is 5.13 Å². The molecule has 150 valence electrons. The van der Waals surface area contributed by atoms with Gasteiger partial charge in [-0.3, -0.25) is 10.1 Å². The topological polar surface area (TPSA) is 68.3 Å². The minimum Gasteiger partial charge on any atom is -0.462 e. The predicted octanol–water partition coefficient (Wildman–Crippen LogP) is 5.74. The molecule has 0 spiro atoms. The van der Waals surface area contributed by atoms with Crippen LogP contribution in [0.2, 0.25) is 0 Å². The number of carbonyl (C=O) groups is 2. The summed E-state index contributed by atoms with van der Waals surface area (Å²) in [5.74, 6) is -0.709. The van der Waals surface area contributed by atoms with E-state index in [0.717, 1.165) is 21.8 Å². The molecule has 0 unspecified atom stereocenters. The van der Waals surface area contributed by atoms with Crippen LogP contribution in [0.15, 0.2) is 59.5 Å². The van der Waals surface area contributed by atoms with Crippen molar-refractivity contribution >= 4 is 40.1 Å². The summed E-state index contributed by atoms with van der Waals surface area (Å²) in [5.41, 5.74) is 1.85. The van der Waals surface area contributed by atoms with E-state index in [9.17, 15) is 9.59 Å². The first-order valence-corrected chi connectivity index (χ1v) is 11.0. The van der Waals surface area contributed by atoms with Crippen LogP contribution >= 0.6 is 23.1 Å². The molecule has 1 heterocycles. The number of nitrogens with one attached hydrogen (secondary N) is 1. The van der Waals surface area contributed by atoms with Crippen molar-refractivity contribution in [2.45, 2.75) is 30.9 Å². The van der Waals surface area contributed by atoms with Gasteiger partial charge in [0.05, 0.1) is 12.3 Å². The van der Waals surface area contributed by atoms with Crippen LogP contribution in [0.1, 0.15) is 40.8 Å². The summed E-state index contributed by atoms with van der Waals surface area (Å²) in [5, 5.41) is 3.60. The van der Waals surface area contributed by atoms with Crippen molar-refractivity contribution in [1.82, 2.24) is 4.98 Å². The van der Waals surface area contributed by atoms with Gasteiger partial charge in [-0.2, -0.15) is 0 Å². The molecule has 7 heteroatoms. The van der Waals surface area contributed by atoms with Gasteiger partial charge in [0.1, 0.15) is 4.88 Å². The number of ether oxygens (including phenoxy) is 1. The highest BCUT2D eigenvalue weighted by atomic mass is 32.2. The Hall–Kier alpha value is -2.64. The van der Waals surface area contributed by atoms with Gasteiger partial charge in [-0.1, -0.05) is 61.6 Å². The van der Waals surface area contributed by atoms with Gasteiger partial charge >= 0.3 is 5.97 Å². The molecule has 1 amide bonds. The molecule has 2 aromatic carbocycles. The van der Waals surface area contributed by atoms with Crippen LogP contribution in [0, 0.1) is 0 Å². The minimum absolute atomic E-state index is 0.264. The standard InChI is InChI=1S/C22H22N2O3S2/c1-4-27-21(26)19-18(15-9-6-5-7-10-15)23-22(29-19)24-20(25)16-11-8-12-17(13-16)28-14(2)3/h5-14H,4H2,1-3H3,(H,23,24,25). The van der Waals surface area contributed by atoms with Crippen LogP contribution in [0.25, 0.3) is 11.3 Å². The maximum atomic E-state index is 12.7. The summed E-state index contributed by atoms with van der Waals surface area (Å²) in [4.78, 5) is 31.0. The van der Waals surface area contributed by atoms with Crippen LogP contribution in [0.5, 0.6) is 0 Å². The van der Waals surface area contributed by atoms with E-state index < -0.39 is 5.97 Å². The van der Waals surface area contributed by atoms with Gasteiger partial charge in [0.2, 0.25) is 0 Å². The highest BCUT2D eigenvalue weighted by Gasteiger charge is 2.22. The van der Waals surface area contributed by atoms with Crippen molar-refractivity contribution in [2.75, 3.05) is 11.9 Å². The SMILES string of the molecule is CCOC(=O)c1sc(NC(=O)c2cccc(SC(C)C)c2)nc1-c1ccccc1. The van der Waals surface area contributed by atoms with Gasteiger partial charge in [-0.05, 0) is 25.1 Å². The number of nitrogens with zero attached hydrogens (tertiary/aromatic N) is 1. The number of benzene rings is 2. The Bertz CT molecular complexity index is 1000. The zero-order valence-corrected chi connectivity index (χ0v) is 18.1. The van der Waals surface area contributed by atoms with Crippen LogP contribution in [0.3, 0.4) is 0 Å². The lowest BCUT2D eigenvalue weighted by Crippen LogP contribution is -2.11. The molecule has 1 N–H and O–H groups in total. The smallest absolute Gasteiger partial charge is 0.350 e. The van der Waals surface area contributed by atoms with Crippen LogP contribution in [-0.2, 0) is 4.74 Å². The number of esters is 1. The third-order valence-electron chi connectivity index (χ3n) is 3.82. The quantitative estimate of drug-likeness (QED) is 0.385. The second-order valence-electron chi connectivity index (χ2n) is 6.43. The third kappa shape index (κ3) is 5.46.